The molecule has 0 spiro atoms. The van der Waals surface area contributed by atoms with Crippen LogP contribution in [0.25, 0.3) is 0 Å². The maximum absolute atomic E-state index is 11.4. The number of esters is 1. The first kappa shape index (κ1) is 13.6. The van der Waals surface area contributed by atoms with Crippen molar-refractivity contribution in [3.8, 4) is 5.75 Å². The smallest absolute Gasteiger partial charge is 0.310 e. The molecule has 0 saturated carbocycles. The number of carbonyl (C=O) groups is 1. The van der Waals surface area contributed by atoms with Gasteiger partial charge in [0.15, 0.2) is 0 Å². The summed E-state index contributed by atoms with van der Waals surface area (Å²) in [4.78, 5) is 11.4. The summed E-state index contributed by atoms with van der Waals surface area (Å²) in [5.41, 5.74) is 0.891. The Morgan fingerprint density at radius 1 is 1.24 bits per heavy atom. The summed E-state index contributed by atoms with van der Waals surface area (Å²) < 4.78 is 10.6. The van der Waals surface area contributed by atoms with Gasteiger partial charge in [-0.05, 0) is 19.4 Å². The minimum Gasteiger partial charge on any atom is -0.493 e. The topological polar surface area (TPSA) is 35.5 Å². The van der Waals surface area contributed by atoms with Gasteiger partial charge in [-0.3, -0.25) is 4.79 Å². The van der Waals surface area contributed by atoms with Crippen LogP contribution in [0.4, 0.5) is 0 Å². The van der Waals surface area contributed by atoms with Crippen LogP contribution in [0.2, 0.25) is 0 Å². The zero-order valence-electron chi connectivity index (χ0n) is 10.6. The van der Waals surface area contributed by atoms with Gasteiger partial charge >= 0.3 is 5.97 Å². The van der Waals surface area contributed by atoms with E-state index in [1.54, 1.807) is 0 Å². The molecule has 0 unspecified atom stereocenters. The molecule has 0 atom stereocenters. The molecule has 0 heterocycles. The number of para-hydroxylation sites is 1. The number of rotatable bonds is 7. The van der Waals surface area contributed by atoms with Crippen molar-refractivity contribution in [1.29, 1.82) is 0 Å². The van der Waals surface area contributed by atoms with Gasteiger partial charge in [0.05, 0.1) is 19.6 Å². The van der Waals surface area contributed by atoms with Crippen molar-refractivity contribution in [2.75, 3.05) is 13.2 Å². The van der Waals surface area contributed by atoms with Crippen LogP contribution < -0.4 is 4.74 Å². The van der Waals surface area contributed by atoms with E-state index in [0.717, 1.165) is 24.2 Å². The molecule has 0 amide bonds. The number of unbranched alkanes of at least 4 members (excludes halogenated alkanes) is 1. The van der Waals surface area contributed by atoms with Gasteiger partial charge in [-0.25, -0.2) is 0 Å². The average Bonchev–Trinajstić information content (AvgIpc) is 2.32. The molecule has 1 aromatic carbocycles. The van der Waals surface area contributed by atoms with Crippen LogP contribution in [0.1, 0.15) is 32.3 Å². The first-order valence-corrected chi connectivity index (χ1v) is 6.14. The molecule has 0 aliphatic carbocycles. The third-order valence-electron chi connectivity index (χ3n) is 2.37. The fourth-order valence-electron chi connectivity index (χ4n) is 1.48. The first-order chi connectivity index (χ1) is 8.27. The maximum Gasteiger partial charge on any atom is 0.310 e. The molecule has 0 radical (unpaired) electrons. The fraction of sp³-hybridized carbons (Fsp3) is 0.500. The molecule has 0 aliphatic heterocycles. The van der Waals surface area contributed by atoms with Gasteiger partial charge in [0.25, 0.3) is 0 Å². The van der Waals surface area contributed by atoms with Crippen molar-refractivity contribution in [2.45, 2.75) is 33.1 Å². The van der Waals surface area contributed by atoms with Crippen molar-refractivity contribution >= 4 is 5.97 Å². The summed E-state index contributed by atoms with van der Waals surface area (Å²) in [6.07, 6.45) is 2.39. The van der Waals surface area contributed by atoms with Gasteiger partial charge < -0.3 is 9.47 Å². The summed E-state index contributed by atoms with van der Waals surface area (Å²) in [6, 6.07) is 7.61. The quantitative estimate of drug-likeness (QED) is 0.539. The highest BCUT2D eigenvalue weighted by molar-refractivity contribution is 5.73. The minimum atomic E-state index is -0.209. The van der Waals surface area contributed by atoms with E-state index < -0.39 is 0 Å². The van der Waals surface area contributed by atoms with Crippen molar-refractivity contribution in [3.63, 3.8) is 0 Å². The van der Waals surface area contributed by atoms with E-state index in [9.17, 15) is 4.79 Å². The molecule has 94 valence electrons. The Balaban J connectivity index is 2.60. The monoisotopic (exact) mass is 236 g/mol. The predicted molar refractivity (Wildman–Crippen MR) is 67.2 cm³/mol. The van der Waals surface area contributed by atoms with Gasteiger partial charge in [0.2, 0.25) is 0 Å². The normalized spacial score (nSPS) is 10.0. The maximum atomic E-state index is 11.4. The van der Waals surface area contributed by atoms with Gasteiger partial charge in [0, 0.05) is 5.56 Å². The number of ether oxygens (including phenoxy) is 2. The largest absolute Gasteiger partial charge is 0.493 e. The zero-order chi connectivity index (χ0) is 12.5. The molecular formula is C14H20O3. The first-order valence-electron chi connectivity index (χ1n) is 6.14. The Hall–Kier alpha value is -1.51. The highest BCUT2D eigenvalue weighted by atomic mass is 16.5. The van der Waals surface area contributed by atoms with Crippen LogP contribution in [0, 0.1) is 0 Å². The Morgan fingerprint density at radius 2 is 2.00 bits per heavy atom. The van der Waals surface area contributed by atoms with E-state index in [4.69, 9.17) is 9.47 Å². The Bertz CT molecular complexity index is 347. The Labute approximate surface area is 103 Å². The third-order valence-corrected chi connectivity index (χ3v) is 2.37. The van der Waals surface area contributed by atoms with Crippen LogP contribution in [-0.4, -0.2) is 19.2 Å². The van der Waals surface area contributed by atoms with Crippen molar-refractivity contribution in [3.05, 3.63) is 29.8 Å². The predicted octanol–water partition coefficient (Wildman–Crippen LogP) is 2.97. The number of hydrogen-bond donors (Lipinski definition) is 0. The highest BCUT2D eigenvalue weighted by Gasteiger charge is 2.08. The van der Waals surface area contributed by atoms with E-state index in [1.165, 1.54) is 0 Å². The Morgan fingerprint density at radius 3 is 2.71 bits per heavy atom. The van der Waals surface area contributed by atoms with E-state index in [0.29, 0.717) is 13.2 Å². The molecular weight excluding hydrogens is 216 g/mol. The number of carbonyl (C=O) groups excluding carboxylic acids is 1. The van der Waals surface area contributed by atoms with Gasteiger partial charge in [-0.15, -0.1) is 0 Å². The lowest BCUT2D eigenvalue weighted by Crippen LogP contribution is -2.09. The Kier molecular flexibility index (Phi) is 6.15. The zero-order valence-corrected chi connectivity index (χ0v) is 10.6. The number of benzene rings is 1. The van der Waals surface area contributed by atoms with Gasteiger partial charge in [-0.2, -0.15) is 0 Å². The van der Waals surface area contributed by atoms with Crippen molar-refractivity contribution in [2.24, 2.45) is 0 Å². The lowest BCUT2D eigenvalue weighted by molar-refractivity contribution is -0.142. The molecule has 1 aromatic rings. The van der Waals surface area contributed by atoms with Crippen molar-refractivity contribution < 1.29 is 14.3 Å². The molecule has 0 bridgehead atoms. The average molecular weight is 236 g/mol. The van der Waals surface area contributed by atoms with E-state index in [2.05, 4.69) is 6.92 Å². The summed E-state index contributed by atoms with van der Waals surface area (Å²) in [5.74, 6) is 0.577. The summed E-state index contributed by atoms with van der Waals surface area (Å²) in [7, 11) is 0. The summed E-state index contributed by atoms with van der Waals surface area (Å²) in [5, 5.41) is 0. The van der Waals surface area contributed by atoms with Crippen LogP contribution in [0.15, 0.2) is 24.3 Å². The molecule has 0 aliphatic rings. The second-order valence-corrected chi connectivity index (χ2v) is 3.79. The van der Waals surface area contributed by atoms with E-state index in [-0.39, 0.29) is 12.4 Å². The lowest BCUT2D eigenvalue weighted by Gasteiger charge is -2.10. The standard InChI is InChI=1S/C14H20O3/c1-3-5-10-17-13-9-7-6-8-12(13)11-14(15)16-4-2/h6-9H,3-5,10-11H2,1-2H3. The molecule has 0 saturated heterocycles. The van der Waals surface area contributed by atoms with E-state index in [1.807, 2.05) is 31.2 Å². The molecule has 3 nitrogen and oxygen atoms in total. The fourth-order valence-corrected chi connectivity index (χ4v) is 1.48. The molecule has 1 rings (SSSR count). The van der Waals surface area contributed by atoms with Gasteiger partial charge in [-0.1, -0.05) is 31.5 Å². The van der Waals surface area contributed by atoms with E-state index >= 15 is 0 Å². The van der Waals surface area contributed by atoms with Crippen LogP contribution in [0.3, 0.4) is 0 Å². The second kappa shape index (κ2) is 7.71. The van der Waals surface area contributed by atoms with Crippen LogP contribution >= 0.6 is 0 Å². The molecule has 17 heavy (non-hydrogen) atoms. The van der Waals surface area contributed by atoms with Crippen LogP contribution in [-0.2, 0) is 16.0 Å². The minimum absolute atomic E-state index is 0.209. The molecule has 0 aromatic heterocycles. The summed E-state index contributed by atoms with van der Waals surface area (Å²) in [6.45, 7) is 5.03. The second-order valence-electron chi connectivity index (χ2n) is 3.79. The molecule has 0 N–H and O–H groups in total. The van der Waals surface area contributed by atoms with Gasteiger partial charge in [0.1, 0.15) is 5.75 Å². The molecule has 0 fully saturated rings. The van der Waals surface area contributed by atoms with Crippen LogP contribution in [0.5, 0.6) is 5.75 Å². The number of hydrogen-bond acceptors (Lipinski definition) is 3. The highest BCUT2D eigenvalue weighted by Crippen LogP contribution is 2.19. The van der Waals surface area contributed by atoms with Crippen molar-refractivity contribution in [1.82, 2.24) is 0 Å². The lowest BCUT2D eigenvalue weighted by atomic mass is 10.1. The molecule has 3 heteroatoms. The summed E-state index contributed by atoms with van der Waals surface area (Å²) >= 11 is 0. The SMILES string of the molecule is CCCCOc1ccccc1CC(=O)OCC. The third kappa shape index (κ3) is 4.89.